The lowest BCUT2D eigenvalue weighted by Crippen LogP contribution is -2.37. The van der Waals surface area contributed by atoms with Gasteiger partial charge in [-0.1, -0.05) is 35.9 Å². The first-order valence-electron chi connectivity index (χ1n) is 7.24. The van der Waals surface area contributed by atoms with E-state index in [0.29, 0.717) is 0 Å². The van der Waals surface area contributed by atoms with Crippen molar-refractivity contribution in [3.8, 4) is 0 Å². The molecule has 2 rings (SSSR count). The molecule has 2 nitrogen and oxygen atoms in total. The van der Waals surface area contributed by atoms with Crippen LogP contribution in [0.1, 0.15) is 30.5 Å². The summed E-state index contributed by atoms with van der Waals surface area (Å²) in [6.45, 7) is 7.25. The molecule has 2 aromatic rings. The molecule has 112 valence electrons. The van der Waals surface area contributed by atoms with Gasteiger partial charge in [-0.2, -0.15) is 0 Å². The van der Waals surface area contributed by atoms with Crippen molar-refractivity contribution >= 4 is 17.3 Å². The topological polar surface area (TPSA) is 38.0 Å². The van der Waals surface area contributed by atoms with Crippen LogP contribution in [0.2, 0.25) is 5.02 Å². The Balaban J connectivity index is 1.97. The molecule has 0 spiro atoms. The van der Waals surface area contributed by atoms with Crippen LogP contribution < -0.4 is 11.1 Å². The summed E-state index contributed by atoms with van der Waals surface area (Å²) in [4.78, 5) is 0. The minimum atomic E-state index is -0.107. The number of nitrogens with one attached hydrogen (secondary N) is 1. The van der Waals surface area contributed by atoms with Crippen molar-refractivity contribution in [1.29, 1.82) is 0 Å². The molecule has 3 heteroatoms. The Bertz CT molecular complexity index is 620. The smallest absolute Gasteiger partial charge is 0.0437 e. The van der Waals surface area contributed by atoms with Gasteiger partial charge in [-0.25, -0.2) is 0 Å². The van der Waals surface area contributed by atoms with Crippen molar-refractivity contribution in [2.45, 2.75) is 32.7 Å². The fourth-order valence-electron chi connectivity index (χ4n) is 2.34. The minimum absolute atomic E-state index is 0.107. The molecule has 0 atom stereocenters. The predicted molar refractivity (Wildman–Crippen MR) is 91.8 cm³/mol. The third kappa shape index (κ3) is 4.23. The molecule has 0 aromatic heterocycles. The molecule has 3 N–H and O–H groups in total. The summed E-state index contributed by atoms with van der Waals surface area (Å²) in [6, 6.07) is 14.3. The van der Waals surface area contributed by atoms with Crippen molar-refractivity contribution in [3.63, 3.8) is 0 Å². The standard InChI is InChI=1S/C18H23ClN2/c1-13-7-8-14(11-17(13)19)9-10-21-18(2,3)15-5-4-6-16(20)12-15/h4-8,11-12,21H,9-10,20H2,1-3H3. The average Bonchev–Trinajstić information content (AvgIpc) is 2.43. The number of nitrogens with two attached hydrogens (primary N) is 1. The summed E-state index contributed by atoms with van der Waals surface area (Å²) in [6.07, 6.45) is 0.950. The Morgan fingerprint density at radius 1 is 1.14 bits per heavy atom. The van der Waals surface area contributed by atoms with Crippen LogP contribution in [0.25, 0.3) is 0 Å². The van der Waals surface area contributed by atoms with E-state index in [4.69, 9.17) is 17.3 Å². The second kappa shape index (κ2) is 6.50. The molecule has 0 aliphatic carbocycles. The van der Waals surface area contributed by atoms with Crippen LogP contribution in [-0.4, -0.2) is 6.54 Å². The van der Waals surface area contributed by atoms with Crippen molar-refractivity contribution in [1.82, 2.24) is 5.32 Å². The van der Waals surface area contributed by atoms with Gasteiger partial charge < -0.3 is 11.1 Å². The van der Waals surface area contributed by atoms with E-state index in [9.17, 15) is 0 Å². The van der Waals surface area contributed by atoms with Crippen molar-refractivity contribution in [2.24, 2.45) is 0 Å². The molecule has 0 radical (unpaired) electrons. The van der Waals surface area contributed by atoms with E-state index in [1.165, 1.54) is 11.1 Å². The Morgan fingerprint density at radius 3 is 2.57 bits per heavy atom. The maximum absolute atomic E-state index is 6.16. The summed E-state index contributed by atoms with van der Waals surface area (Å²) in [5, 5.41) is 4.42. The van der Waals surface area contributed by atoms with E-state index < -0.39 is 0 Å². The summed E-state index contributed by atoms with van der Waals surface area (Å²) in [7, 11) is 0. The fraction of sp³-hybridized carbons (Fsp3) is 0.333. The second-order valence-electron chi connectivity index (χ2n) is 6.01. The van der Waals surface area contributed by atoms with E-state index in [0.717, 1.165) is 29.2 Å². The molecule has 0 bridgehead atoms. The summed E-state index contributed by atoms with van der Waals surface area (Å²) >= 11 is 6.16. The first kappa shape index (κ1) is 15.9. The summed E-state index contributed by atoms with van der Waals surface area (Å²) in [5.74, 6) is 0. The number of aryl methyl sites for hydroxylation is 1. The monoisotopic (exact) mass is 302 g/mol. The van der Waals surface area contributed by atoms with Crippen LogP contribution in [0.5, 0.6) is 0 Å². The number of halogens is 1. The van der Waals surface area contributed by atoms with Gasteiger partial charge in [0, 0.05) is 16.2 Å². The lowest BCUT2D eigenvalue weighted by atomic mass is 9.93. The lowest BCUT2D eigenvalue weighted by molar-refractivity contribution is 0.407. The SMILES string of the molecule is Cc1ccc(CCNC(C)(C)c2cccc(N)c2)cc1Cl. The zero-order valence-corrected chi connectivity index (χ0v) is 13.7. The van der Waals surface area contributed by atoms with Crippen molar-refractivity contribution in [2.75, 3.05) is 12.3 Å². The van der Waals surface area contributed by atoms with Gasteiger partial charge >= 0.3 is 0 Å². The molecule has 0 heterocycles. The summed E-state index contributed by atoms with van der Waals surface area (Å²) in [5.41, 5.74) is 10.1. The Kier molecular flexibility index (Phi) is 4.92. The molecule has 2 aromatic carbocycles. The Hall–Kier alpha value is -1.51. The second-order valence-corrected chi connectivity index (χ2v) is 6.42. The maximum atomic E-state index is 6.16. The zero-order valence-electron chi connectivity index (χ0n) is 12.9. The number of nitrogen functional groups attached to an aromatic ring is 1. The van der Waals surface area contributed by atoms with Crippen molar-refractivity contribution in [3.05, 3.63) is 64.2 Å². The normalized spacial score (nSPS) is 11.6. The fourth-order valence-corrected chi connectivity index (χ4v) is 2.54. The van der Waals surface area contributed by atoms with Gasteiger partial charge in [0.25, 0.3) is 0 Å². The number of hydrogen-bond donors (Lipinski definition) is 2. The molecule has 0 saturated carbocycles. The highest BCUT2D eigenvalue weighted by atomic mass is 35.5. The van der Waals surface area contributed by atoms with Crippen molar-refractivity contribution < 1.29 is 0 Å². The maximum Gasteiger partial charge on any atom is 0.0437 e. The zero-order chi connectivity index (χ0) is 15.5. The van der Waals surface area contributed by atoms with Gasteiger partial charge in [0.05, 0.1) is 0 Å². The molecular formula is C18H23ClN2. The average molecular weight is 303 g/mol. The van der Waals surface area contributed by atoms with E-state index >= 15 is 0 Å². The first-order valence-corrected chi connectivity index (χ1v) is 7.62. The molecule has 0 aliphatic rings. The van der Waals surface area contributed by atoms with Gasteiger partial charge in [0.15, 0.2) is 0 Å². The largest absolute Gasteiger partial charge is 0.399 e. The van der Waals surface area contributed by atoms with Gasteiger partial charge in [0.2, 0.25) is 0 Å². The van der Waals surface area contributed by atoms with E-state index in [1.807, 2.05) is 31.2 Å². The lowest BCUT2D eigenvalue weighted by Gasteiger charge is -2.27. The van der Waals surface area contributed by atoms with Crippen LogP contribution in [0.4, 0.5) is 5.69 Å². The first-order chi connectivity index (χ1) is 9.88. The van der Waals surface area contributed by atoms with Crippen LogP contribution >= 0.6 is 11.6 Å². The van der Waals surface area contributed by atoms with E-state index in [1.54, 1.807) is 0 Å². The highest BCUT2D eigenvalue weighted by molar-refractivity contribution is 6.31. The van der Waals surface area contributed by atoms with Gasteiger partial charge in [-0.15, -0.1) is 0 Å². The highest BCUT2D eigenvalue weighted by Crippen LogP contribution is 2.22. The third-order valence-corrected chi connectivity index (χ3v) is 4.23. The van der Waals surface area contributed by atoms with Gasteiger partial charge in [-0.3, -0.25) is 0 Å². The van der Waals surface area contributed by atoms with Crippen LogP contribution in [0, 0.1) is 6.92 Å². The molecule has 21 heavy (non-hydrogen) atoms. The number of anilines is 1. The minimum Gasteiger partial charge on any atom is -0.399 e. The number of hydrogen-bond acceptors (Lipinski definition) is 2. The Labute approximate surface area is 132 Å². The van der Waals surface area contributed by atoms with E-state index in [-0.39, 0.29) is 5.54 Å². The Morgan fingerprint density at radius 2 is 1.90 bits per heavy atom. The van der Waals surface area contributed by atoms with E-state index in [2.05, 4.69) is 37.4 Å². The molecule has 0 unspecified atom stereocenters. The van der Waals surface area contributed by atoms with Crippen LogP contribution in [0.15, 0.2) is 42.5 Å². The number of rotatable bonds is 5. The highest BCUT2D eigenvalue weighted by Gasteiger charge is 2.19. The van der Waals surface area contributed by atoms with Crippen LogP contribution in [0.3, 0.4) is 0 Å². The van der Waals surface area contributed by atoms with Gasteiger partial charge in [-0.05, 0) is 68.6 Å². The van der Waals surface area contributed by atoms with Crippen LogP contribution in [-0.2, 0) is 12.0 Å². The molecule has 0 aliphatic heterocycles. The quantitative estimate of drug-likeness (QED) is 0.808. The molecule has 0 amide bonds. The predicted octanol–water partition coefficient (Wildman–Crippen LogP) is 4.30. The molecular weight excluding hydrogens is 280 g/mol. The summed E-state index contributed by atoms with van der Waals surface area (Å²) < 4.78 is 0. The molecule has 0 saturated heterocycles. The third-order valence-electron chi connectivity index (χ3n) is 3.83. The molecule has 0 fully saturated rings. The number of benzene rings is 2. The van der Waals surface area contributed by atoms with Gasteiger partial charge in [0.1, 0.15) is 0 Å².